The zero-order valence-electron chi connectivity index (χ0n) is 13.4. The van der Waals surface area contributed by atoms with Crippen LogP contribution in [0.4, 0.5) is 16.7 Å². The third kappa shape index (κ3) is 3.17. The van der Waals surface area contributed by atoms with Gasteiger partial charge in [-0.1, -0.05) is 36.4 Å². The molecule has 0 amide bonds. The molecular weight excluding hydrogens is 352 g/mol. The minimum atomic E-state index is -0.555. The maximum atomic E-state index is 10.9. The molecule has 0 unspecified atom stereocenters. The second-order valence-corrected chi connectivity index (χ2v) is 6.32. The molecule has 4 rings (SSSR count). The molecule has 2 heterocycles. The monoisotopic (exact) mass is 365 g/mol. The van der Waals surface area contributed by atoms with Crippen molar-refractivity contribution in [3.63, 3.8) is 0 Å². The molecule has 7 nitrogen and oxygen atoms in total. The second-order valence-electron chi connectivity index (χ2n) is 5.35. The molecule has 0 aliphatic heterocycles. The predicted octanol–water partition coefficient (Wildman–Crippen LogP) is 4.33. The number of aromatic nitrogens is 2. The number of benzene rings is 2. The van der Waals surface area contributed by atoms with Gasteiger partial charge in [0.05, 0.1) is 6.07 Å². The van der Waals surface area contributed by atoms with E-state index in [2.05, 4.69) is 10.4 Å². The van der Waals surface area contributed by atoms with E-state index >= 15 is 0 Å². The van der Waals surface area contributed by atoms with E-state index in [0.717, 1.165) is 11.4 Å². The van der Waals surface area contributed by atoms with Crippen LogP contribution < -0.4 is 10.00 Å². The molecule has 0 fully saturated rings. The highest BCUT2D eigenvalue weighted by Crippen LogP contribution is 2.31. The van der Waals surface area contributed by atoms with Crippen LogP contribution in [0.5, 0.6) is 0 Å². The van der Waals surface area contributed by atoms with Gasteiger partial charge in [-0.2, -0.15) is 0 Å². The van der Waals surface area contributed by atoms with Crippen molar-refractivity contribution in [2.24, 2.45) is 0 Å². The van der Waals surface area contributed by atoms with E-state index < -0.39 is 4.92 Å². The highest BCUT2D eigenvalue weighted by atomic mass is 32.1. The summed E-state index contributed by atoms with van der Waals surface area (Å²) in [6.45, 7) is 0. The average Bonchev–Trinajstić information content (AvgIpc) is 3.30. The van der Waals surface area contributed by atoms with Gasteiger partial charge in [0.2, 0.25) is 11.4 Å². The molecule has 1 N–H and O–H groups in total. The van der Waals surface area contributed by atoms with Gasteiger partial charge in [0.1, 0.15) is 4.92 Å². The van der Waals surface area contributed by atoms with E-state index in [1.165, 1.54) is 17.4 Å². The van der Waals surface area contributed by atoms with Gasteiger partial charge < -0.3 is 9.73 Å². The number of hydrogen-bond acceptors (Lipinski definition) is 6. The Morgan fingerprint density at radius 2 is 1.69 bits per heavy atom. The summed E-state index contributed by atoms with van der Waals surface area (Å²) in [5.74, 6) is 0.0877. The smallest absolute Gasteiger partial charge is 0.393 e. The van der Waals surface area contributed by atoms with Crippen molar-refractivity contribution in [1.29, 1.82) is 0 Å². The highest BCUT2D eigenvalue weighted by molar-refractivity contribution is 7.18. The van der Waals surface area contributed by atoms with E-state index in [4.69, 9.17) is 4.42 Å². The largest absolute Gasteiger partial charge is 0.433 e. The number of rotatable bonds is 5. The first-order valence-corrected chi connectivity index (χ1v) is 8.57. The van der Waals surface area contributed by atoms with Crippen molar-refractivity contribution in [1.82, 2.24) is 5.10 Å². The predicted molar refractivity (Wildman–Crippen MR) is 97.7 cm³/mol. The van der Waals surface area contributed by atoms with Crippen LogP contribution in [0, 0.1) is 10.1 Å². The van der Waals surface area contributed by atoms with Crippen molar-refractivity contribution in [2.75, 3.05) is 5.32 Å². The summed E-state index contributed by atoms with van der Waals surface area (Å²) in [5.41, 5.74) is 1.73. The van der Waals surface area contributed by atoms with Gasteiger partial charge in [-0.15, -0.1) is 0 Å². The number of furan rings is 1. The van der Waals surface area contributed by atoms with Crippen LogP contribution in [-0.2, 0) is 0 Å². The Bertz CT molecular complexity index is 1040. The Kier molecular flexibility index (Phi) is 4.16. The van der Waals surface area contributed by atoms with E-state index in [9.17, 15) is 10.1 Å². The number of nitrogens with one attached hydrogen (secondary N) is 1. The molecule has 0 aliphatic rings. The molecule has 0 atom stereocenters. The molecule has 0 spiro atoms. The summed E-state index contributed by atoms with van der Waals surface area (Å²) >= 11 is 1.35. The molecule has 0 bridgehead atoms. The summed E-state index contributed by atoms with van der Waals surface area (Å²) < 4.78 is 7.09. The zero-order chi connectivity index (χ0) is 17.9. The standard InChI is InChI=1S/C18H13N4O3S/c23-22(24)16-12-11-15(25-16)17-21(14-9-5-2-6-10-14)20-18(26-17)19-13-7-3-1-4-8-13/h1-12H,(H,19,20)/q+1. The molecule has 0 radical (unpaired) electrons. The Labute approximate surface area is 152 Å². The Hall–Kier alpha value is -3.52. The summed E-state index contributed by atoms with van der Waals surface area (Å²) in [6, 6.07) is 22.1. The summed E-state index contributed by atoms with van der Waals surface area (Å²) in [6.07, 6.45) is 0. The quantitative estimate of drug-likeness (QED) is 0.323. The molecule has 26 heavy (non-hydrogen) atoms. The highest BCUT2D eigenvalue weighted by Gasteiger charge is 2.28. The Balaban J connectivity index is 1.78. The van der Waals surface area contributed by atoms with Gasteiger partial charge in [0, 0.05) is 22.9 Å². The number of para-hydroxylation sites is 2. The third-order valence-electron chi connectivity index (χ3n) is 3.58. The Morgan fingerprint density at radius 3 is 2.35 bits per heavy atom. The Morgan fingerprint density at radius 1 is 1.00 bits per heavy atom. The number of nitrogens with zero attached hydrogens (tertiary/aromatic N) is 3. The molecule has 0 saturated heterocycles. The van der Waals surface area contributed by atoms with Crippen molar-refractivity contribution in [3.8, 4) is 16.5 Å². The summed E-state index contributed by atoms with van der Waals surface area (Å²) in [4.78, 5) is 10.4. The van der Waals surface area contributed by atoms with Crippen LogP contribution in [0.1, 0.15) is 0 Å². The van der Waals surface area contributed by atoms with Crippen molar-refractivity contribution >= 4 is 28.0 Å². The lowest BCUT2D eigenvalue weighted by molar-refractivity contribution is -0.642. The maximum absolute atomic E-state index is 10.9. The van der Waals surface area contributed by atoms with Crippen molar-refractivity contribution in [3.05, 3.63) is 82.9 Å². The fourth-order valence-electron chi connectivity index (χ4n) is 2.43. The van der Waals surface area contributed by atoms with Crippen molar-refractivity contribution in [2.45, 2.75) is 0 Å². The average molecular weight is 365 g/mol. The van der Waals surface area contributed by atoms with Crippen LogP contribution in [0.15, 0.2) is 77.2 Å². The summed E-state index contributed by atoms with van der Waals surface area (Å²) in [7, 11) is 0. The fourth-order valence-corrected chi connectivity index (χ4v) is 3.34. The first-order chi connectivity index (χ1) is 12.7. The van der Waals surface area contributed by atoms with E-state index in [1.807, 2.05) is 60.7 Å². The van der Waals surface area contributed by atoms with E-state index in [0.29, 0.717) is 15.9 Å². The van der Waals surface area contributed by atoms with E-state index in [1.54, 1.807) is 10.7 Å². The summed E-state index contributed by atoms with van der Waals surface area (Å²) in [5, 5.41) is 20.1. The number of anilines is 2. The topological polar surface area (TPSA) is 85.1 Å². The van der Waals surface area contributed by atoms with Gasteiger partial charge in [-0.05, 0) is 34.2 Å². The minimum absolute atomic E-state index is 0.300. The van der Waals surface area contributed by atoms with E-state index in [-0.39, 0.29) is 5.88 Å². The van der Waals surface area contributed by atoms with Crippen LogP contribution in [0.2, 0.25) is 0 Å². The molecule has 2 aromatic carbocycles. The first-order valence-electron chi connectivity index (χ1n) is 7.76. The van der Waals surface area contributed by atoms with Crippen LogP contribution in [0.25, 0.3) is 16.5 Å². The number of hydrogen-bond donors (Lipinski definition) is 1. The normalized spacial score (nSPS) is 10.6. The molecule has 0 saturated carbocycles. The first kappa shape index (κ1) is 16.0. The molecule has 8 heteroatoms. The molecular formula is C18H13N4O3S+. The van der Waals surface area contributed by atoms with Gasteiger partial charge in [-0.3, -0.25) is 10.1 Å². The van der Waals surface area contributed by atoms with Crippen LogP contribution in [0.3, 0.4) is 0 Å². The van der Waals surface area contributed by atoms with Crippen LogP contribution in [-0.4, -0.2) is 10.0 Å². The lowest BCUT2D eigenvalue weighted by Gasteiger charge is -1.97. The lowest BCUT2D eigenvalue weighted by atomic mass is 10.3. The third-order valence-corrected chi connectivity index (χ3v) is 4.53. The SMILES string of the molecule is O=[N+]([O-])c1ccc(-c2sc(Nc3ccccc3)n[n+]2-c2ccccc2)o1. The van der Waals surface area contributed by atoms with Gasteiger partial charge >= 0.3 is 10.9 Å². The van der Waals surface area contributed by atoms with Gasteiger partial charge in [0.15, 0.2) is 0 Å². The van der Waals surface area contributed by atoms with Gasteiger partial charge in [0.25, 0.3) is 5.13 Å². The van der Waals surface area contributed by atoms with Crippen LogP contribution >= 0.6 is 11.3 Å². The zero-order valence-corrected chi connectivity index (χ0v) is 14.2. The van der Waals surface area contributed by atoms with Crippen molar-refractivity contribution < 1.29 is 14.0 Å². The fraction of sp³-hybridized carbons (Fsp3) is 0. The molecule has 2 aromatic heterocycles. The second kappa shape index (κ2) is 6.77. The maximum Gasteiger partial charge on any atom is 0.433 e. The number of nitro groups is 1. The molecule has 128 valence electrons. The minimum Gasteiger partial charge on any atom is -0.393 e. The van der Waals surface area contributed by atoms with Gasteiger partial charge in [-0.25, -0.2) is 0 Å². The molecule has 4 aromatic rings. The molecule has 0 aliphatic carbocycles. The lowest BCUT2D eigenvalue weighted by Crippen LogP contribution is -2.34.